The number of carbonyl (C=O) groups is 2. The van der Waals surface area contributed by atoms with Crippen LogP contribution in [0.25, 0.3) is 6.08 Å². The Labute approximate surface area is 132 Å². The molecular formula is C17H13NO3S. The molecule has 1 fully saturated rings. The van der Waals surface area contributed by atoms with Crippen molar-refractivity contribution >= 4 is 34.7 Å². The largest absolute Gasteiger partial charge is 0.508 e. The van der Waals surface area contributed by atoms with Gasteiger partial charge in [-0.15, -0.1) is 0 Å². The van der Waals surface area contributed by atoms with Gasteiger partial charge in [0.2, 0.25) is 0 Å². The van der Waals surface area contributed by atoms with Gasteiger partial charge in [-0.1, -0.05) is 35.9 Å². The molecule has 0 aliphatic carbocycles. The number of phenolic OH excluding ortho intramolecular Hbond substituents is 1. The summed E-state index contributed by atoms with van der Waals surface area (Å²) in [4.78, 5) is 26.0. The van der Waals surface area contributed by atoms with E-state index in [9.17, 15) is 14.7 Å². The van der Waals surface area contributed by atoms with Gasteiger partial charge in [-0.05, 0) is 42.5 Å². The highest BCUT2D eigenvalue weighted by Crippen LogP contribution is 2.36. The van der Waals surface area contributed by atoms with E-state index in [4.69, 9.17) is 0 Å². The summed E-state index contributed by atoms with van der Waals surface area (Å²) in [5.74, 6) is -0.361. The van der Waals surface area contributed by atoms with Crippen LogP contribution >= 0.6 is 11.8 Å². The van der Waals surface area contributed by atoms with Crippen LogP contribution in [-0.2, 0) is 4.79 Å². The Balaban J connectivity index is 1.93. The van der Waals surface area contributed by atoms with Gasteiger partial charge in [0.15, 0.2) is 0 Å². The summed E-state index contributed by atoms with van der Waals surface area (Å²) in [7, 11) is 0. The molecule has 1 aliphatic heterocycles. The SMILES string of the molecule is Cc1ccc(C=C2SC(=O)N(c3cccc(O)c3)C2=O)cc1. The number of imide groups is 1. The van der Waals surface area contributed by atoms with E-state index in [0.717, 1.165) is 27.8 Å². The van der Waals surface area contributed by atoms with Crippen LogP contribution in [0.15, 0.2) is 53.4 Å². The number of anilines is 1. The van der Waals surface area contributed by atoms with Crippen molar-refractivity contribution in [3.63, 3.8) is 0 Å². The number of benzene rings is 2. The third-order valence-electron chi connectivity index (χ3n) is 3.26. The first-order chi connectivity index (χ1) is 10.5. The van der Waals surface area contributed by atoms with Gasteiger partial charge in [0.25, 0.3) is 11.1 Å². The average molecular weight is 311 g/mol. The number of aryl methyl sites for hydroxylation is 1. The van der Waals surface area contributed by atoms with E-state index in [0.29, 0.717) is 10.6 Å². The predicted octanol–water partition coefficient (Wildman–Crippen LogP) is 3.94. The highest BCUT2D eigenvalue weighted by atomic mass is 32.2. The van der Waals surface area contributed by atoms with Crippen LogP contribution in [0, 0.1) is 6.92 Å². The van der Waals surface area contributed by atoms with Crippen molar-refractivity contribution in [2.75, 3.05) is 4.90 Å². The molecule has 0 unspecified atom stereocenters. The Hall–Kier alpha value is -2.53. The van der Waals surface area contributed by atoms with E-state index >= 15 is 0 Å². The summed E-state index contributed by atoms with van der Waals surface area (Å²) in [6, 6.07) is 13.8. The molecule has 110 valence electrons. The van der Waals surface area contributed by atoms with Crippen molar-refractivity contribution in [2.45, 2.75) is 6.92 Å². The lowest BCUT2D eigenvalue weighted by atomic mass is 10.1. The van der Waals surface area contributed by atoms with Crippen LogP contribution in [0.4, 0.5) is 10.5 Å². The average Bonchev–Trinajstić information content (AvgIpc) is 2.76. The molecule has 0 spiro atoms. The van der Waals surface area contributed by atoms with Crippen molar-refractivity contribution in [1.29, 1.82) is 0 Å². The van der Waals surface area contributed by atoms with E-state index in [2.05, 4.69) is 0 Å². The molecular weight excluding hydrogens is 298 g/mol. The summed E-state index contributed by atoms with van der Waals surface area (Å²) in [5, 5.41) is 9.14. The molecule has 0 aromatic heterocycles. The summed E-state index contributed by atoms with van der Waals surface area (Å²) in [6.07, 6.45) is 1.70. The molecule has 22 heavy (non-hydrogen) atoms. The van der Waals surface area contributed by atoms with Crippen molar-refractivity contribution in [2.24, 2.45) is 0 Å². The highest BCUT2D eigenvalue weighted by Gasteiger charge is 2.36. The van der Waals surface area contributed by atoms with Gasteiger partial charge in [-0.3, -0.25) is 9.59 Å². The van der Waals surface area contributed by atoms with Gasteiger partial charge < -0.3 is 5.11 Å². The maximum atomic E-state index is 12.4. The lowest BCUT2D eigenvalue weighted by Crippen LogP contribution is -2.27. The Morgan fingerprint density at radius 2 is 1.82 bits per heavy atom. The topological polar surface area (TPSA) is 57.6 Å². The third kappa shape index (κ3) is 2.76. The Bertz CT molecular complexity index is 781. The smallest absolute Gasteiger partial charge is 0.298 e. The lowest BCUT2D eigenvalue weighted by molar-refractivity contribution is -0.113. The van der Waals surface area contributed by atoms with Gasteiger partial charge in [0, 0.05) is 6.07 Å². The maximum absolute atomic E-state index is 12.4. The summed E-state index contributed by atoms with van der Waals surface area (Å²) in [6.45, 7) is 1.99. The van der Waals surface area contributed by atoms with E-state index in [1.54, 1.807) is 18.2 Å². The van der Waals surface area contributed by atoms with Crippen LogP contribution in [0.5, 0.6) is 5.75 Å². The summed E-state index contributed by atoms with van der Waals surface area (Å²) < 4.78 is 0. The van der Waals surface area contributed by atoms with Crippen molar-refractivity contribution in [1.82, 2.24) is 0 Å². The number of aromatic hydroxyl groups is 1. The van der Waals surface area contributed by atoms with Crippen molar-refractivity contribution < 1.29 is 14.7 Å². The maximum Gasteiger partial charge on any atom is 0.298 e. The fraction of sp³-hybridized carbons (Fsp3) is 0.0588. The molecule has 1 aliphatic rings. The number of hydrogen-bond donors (Lipinski definition) is 1. The van der Waals surface area contributed by atoms with Gasteiger partial charge in [0.05, 0.1) is 10.6 Å². The number of amides is 2. The zero-order chi connectivity index (χ0) is 15.7. The first-order valence-electron chi connectivity index (χ1n) is 6.68. The fourth-order valence-corrected chi connectivity index (χ4v) is 2.98. The van der Waals surface area contributed by atoms with Crippen LogP contribution < -0.4 is 4.90 Å². The number of phenols is 1. The van der Waals surface area contributed by atoms with Gasteiger partial charge >= 0.3 is 0 Å². The fourth-order valence-electron chi connectivity index (χ4n) is 2.14. The van der Waals surface area contributed by atoms with Crippen molar-refractivity contribution in [3.05, 3.63) is 64.6 Å². The quantitative estimate of drug-likeness (QED) is 0.853. The Kier molecular flexibility index (Phi) is 3.73. The van der Waals surface area contributed by atoms with E-state index in [-0.39, 0.29) is 16.9 Å². The summed E-state index contributed by atoms with van der Waals surface area (Å²) >= 11 is 0.898. The molecule has 0 radical (unpaired) electrons. The van der Waals surface area contributed by atoms with Crippen LogP contribution in [0.3, 0.4) is 0 Å². The normalized spacial score (nSPS) is 16.6. The molecule has 2 aromatic carbocycles. The monoisotopic (exact) mass is 311 g/mol. The molecule has 1 saturated heterocycles. The number of nitrogens with zero attached hydrogens (tertiary/aromatic N) is 1. The standard InChI is InChI=1S/C17H13NO3S/c1-11-5-7-12(8-6-11)9-15-16(20)18(17(21)22-15)13-3-2-4-14(19)10-13/h2-10,19H,1H3. The zero-order valence-electron chi connectivity index (χ0n) is 11.8. The molecule has 1 heterocycles. The lowest BCUT2D eigenvalue weighted by Gasteiger charge is -2.12. The zero-order valence-corrected chi connectivity index (χ0v) is 12.6. The first-order valence-corrected chi connectivity index (χ1v) is 7.50. The van der Waals surface area contributed by atoms with Gasteiger partial charge in [0.1, 0.15) is 5.75 Å². The second kappa shape index (κ2) is 5.69. The molecule has 2 amide bonds. The highest BCUT2D eigenvalue weighted by molar-refractivity contribution is 8.19. The van der Waals surface area contributed by atoms with Crippen molar-refractivity contribution in [3.8, 4) is 5.75 Å². The Morgan fingerprint density at radius 1 is 1.09 bits per heavy atom. The van der Waals surface area contributed by atoms with E-state index in [1.165, 1.54) is 12.1 Å². The predicted molar refractivity (Wildman–Crippen MR) is 87.7 cm³/mol. The number of rotatable bonds is 2. The number of carbonyl (C=O) groups excluding carboxylic acids is 2. The molecule has 0 bridgehead atoms. The molecule has 3 rings (SSSR count). The van der Waals surface area contributed by atoms with E-state index < -0.39 is 0 Å². The minimum atomic E-state index is -0.374. The van der Waals surface area contributed by atoms with Crippen LogP contribution in [0.1, 0.15) is 11.1 Å². The minimum Gasteiger partial charge on any atom is -0.508 e. The van der Waals surface area contributed by atoms with Crippen LogP contribution in [0.2, 0.25) is 0 Å². The molecule has 0 saturated carbocycles. The second-order valence-electron chi connectivity index (χ2n) is 4.95. The van der Waals surface area contributed by atoms with Gasteiger partial charge in [-0.2, -0.15) is 0 Å². The van der Waals surface area contributed by atoms with E-state index in [1.807, 2.05) is 31.2 Å². The Morgan fingerprint density at radius 3 is 2.50 bits per heavy atom. The minimum absolute atomic E-state index is 0.0130. The molecule has 0 atom stereocenters. The molecule has 5 heteroatoms. The summed E-state index contributed by atoms with van der Waals surface area (Å²) in [5.41, 5.74) is 2.37. The molecule has 4 nitrogen and oxygen atoms in total. The number of thioether (sulfide) groups is 1. The second-order valence-corrected chi connectivity index (χ2v) is 5.94. The number of hydrogen-bond acceptors (Lipinski definition) is 4. The third-order valence-corrected chi connectivity index (χ3v) is 4.13. The van der Waals surface area contributed by atoms with Crippen LogP contribution in [-0.4, -0.2) is 16.3 Å². The van der Waals surface area contributed by atoms with Gasteiger partial charge in [-0.25, -0.2) is 4.90 Å². The first kappa shape index (κ1) is 14.4. The molecule has 2 aromatic rings. The molecule has 1 N–H and O–H groups in total.